The Morgan fingerprint density at radius 3 is 2.67 bits per heavy atom. The maximum Gasteiger partial charge on any atom is 0.431 e. The van der Waals surface area contributed by atoms with E-state index in [2.05, 4.69) is 15.8 Å². The van der Waals surface area contributed by atoms with Crippen molar-refractivity contribution in [2.45, 2.75) is 6.92 Å². The number of carbonyl (C=O) groups excluding carboxylic acids is 1. The molecular weight excluding hydrogens is 230 g/mol. The Morgan fingerprint density at radius 1 is 1.22 bits per heavy atom. The van der Waals surface area contributed by atoms with E-state index in [4.69, 9.17) is 4.74 Å². The van der Waals surface area contributed by atoms with Crippen LogP contribution in [0.15, 0.2) is 48.8 Å². The molecular formula is C13H13N3O2. The molecule has 5 heteroatoms. The smallest absolute Gasteiger partial charge is 0.407 e. The number of amides is 1. The predicted octanol–water partition coefficient (Wildman–Crippen LogP) is 2.51. The van der Waals surface area contributed by atoms with Crippen LogP contribution in [0, 0.1) is 6.92 Å². The van der Waals surface area contributed by atoms with Gasteiger partial charge in [-0.05, 0) is 31.2 Å². The van der Waals surface area contributed by atoms with Gasteiger partial charge in [0.1, 0.15) is 0 Å². The molecule has 1 heterocycles. The summed E-state index contributed by atoms with van der Waals surface area (Å²) in [5, 5.41) is 0. The maximum absolute atomic E-state index is 11.4. The molecule has 5 nitrogen and oxygen atoms in total. The molecule has 0 atom stereocenters. The molecule has 1 aromatic carbocycles. The number of ether oxygens (including phenoxy) is 1. The number of hydrazine groups is 1. The molecule has 0 radical (unpaired) electrons. The highest BCUT2D eigenvalue weighted by molar-refractivity contribution is 5.72. The molecule has 2 aromatic rings. The second-order valence-electron chi connectivity index (χ2n) is 3.69. The van der Waals surface area contributed by atoms with Crippen molar-refractivity contribution in [1.29, 1.82) is 0 Å². The van der Waals surface area contributed by atoms with E-state index in [1.165, 1.54) is 6.20 Å². The largest absolute Gasteiger partial charge is 0.431 e. The third-order valence-corrected chi connectivity index (χ3v) is 2.21. The SMILES string of the molecule is Cc1ccc(NNC(=O)Oc2cccnc2)cc1. The van der Waals surface area contributed by atoms with Crippen LogP contribution in [-0.4, -0.2) is 11.1 Å². The Bertz CT molecular complexity index is 512. The number of pyridine rings is 1. The van der Waals surface area contributed by atoms with E-state index in [-0.39, 0.29) is 0 Å². The lowest BCUT2D eigenvalue weighted by Crippen LogP contribution is -2.32. The normalized spacial score (nSPS) is 9.61. The van der Waals surface area contributed by atoms with Crippen LogP contribution in [0.5, 0.6) is 5.75 Å². The van der Waals surface area contributed by atoms with Crippen molar-refractivity contribution >= 4 is 11.8 Å². The fourth-order valence-corrected chi connectivity index (χ4v) is 1.30. The highest BCUT2D eigenvalue weighted by atomic mass is 16.6. The second-order valence-corrected chi connectivity index (χ2v) is 3.69. The van der Waals surface area contributed by atoms with Gasteiger partial charge in [0.2, 0.25) is 0 Å². The van der Waals surface area contributed by atoms with Crippen LogP contribution >= 0.6 is 0 Å². The molecule has 0 fully saturated rings. The predicted molar refractivity (Wildman–Crippen MR) is 68.2 cm³/mol. The Kier molecular flexibility index (Phi) is 3.76. The zero-order valence-electron chi connectivity index (χ0n) is 9.88. The monoisotopic (exact) mass is 243 g/mol. The van der Waals surface area contributed by atoms with Crippen LogP contribution < -0.4 is 15.6 Å². The molecule has 1 amide bonds. The van der Waals surface area contributed by atoms with Crippen LogP contribution in [0.1, 0.15) is 5.56 Å². The van der Waals surface area contributed by atoms with Gasteiger partial charge in [-0.25, -0.2) is 10.2 Å². The second kappa shape index (κ2) is 5.67. The van der Waals surface area contributed by atoms with Crippen molar-refractivity contribution in [3.8, 4) is 5.75 Å². The summed E-state index contributed by atoms with van der Waals surface area (Å²) < 4.78 is 4.98. The van der Waals surface area contributed by atoms with Gasteiger partial charge >= 0.3 is 6.09 Å². The van der Waals surface area contributed by atoms with Crippen molar-refractivity contribution in [1.82, 2.24) is 10.4 Å². The van der Waals surface area contributed by atoms with Gasteiger partial charge in [0, 0.05) is 6.20 Å². The van der Waals surface area contributed by atoms with Gasteiger partial charge in [-0.15, -0.1) is 0 Å². The lowest BCUT2D eigenvalue weighted by molar-refractivity contribution is 0.202. The first-order valence-electron chi connectivity index (χ1n) is 5.44. The molecule has 0 aliphatic carbocycles. The summed E-state index contributed by atoms with van der Waals surface area (Å²) in [6, 6.07) is 10.9. The first kappa shape index (κ1) is 11.9. The van der Waals surface area contributed by atoms with E-state index in [9.17, 15) is 4.79 Å². The molecule has 0 spiro atoms. The highest BCUT2D eigenvalue weighted by Crippen LogP contribution is 2.08. The topological polar surface area (TPSA) is 63.2 Å². The number of nitrogens with zero attached hydrogens (tertiary/aromatic N) is 1. The molecule has 0 unspecified atom stereocenters. The fraction of sp³-hybridized carbons (Fsp3) is 0.0769. The summed E-state index contributed by atoms with van der Waals surface area (Å²) in [5.41, 5.74) is 7.11. The van der Waals surface area contributed by atoms with E-state index in [1.54, 1.807) is 18.3 Å². The van der Waals surface area contributed by atoms with Crippen LogP contribution in [0.4, 0.5) is 10.5 Å². The highest BCUT2D eigenvalue weighted by Gasteiger charge is 2.02. The van der Waals surface area contributed by atoms with Crippen LogP contribution in [0.3, 0.4) is 0 Å². The molecule has 0 saturated carbocycles. The third-order valence-electron chi connectivity index (χ3n) is 2.21. The van der Waals surface area contributed by atoms with E-state index >= 15 is 0 Å². The number of anilines is 1. The number of nitrogens with one attached hydrogen (secondary N) is 2. The number of carbonyl (C=O) groups is 1. The van der Waals surface area contributed by atoms with Gasteiger partial charge < -0.3 is 4.74 Å². The van der Waals surface area contributed by atoms with E-state index in [0.29, 0.717) is 5.75 Å². The molecule has 2 N–H and O–H groups in total. The zero-order chi connectivity index (χ0) is 12.8. The van der Waals surface area contributed by atoms with Crippen LogP contribution in [0.25, 0.3) is 0 Å². The standard InChI is InChI=1S/C13H13N3O2/c1-10-4-6-11(7-5-10)15-16-13(17)18-12-3-2-8-14-9-12/h2-9,15H,1H3,(H,16,17). The quantitative estimate of drug-likeness (QED) is 0.813. The Labute approximate surface area is 105 Å². The molecule has 92 valence electrons. The van der Waals surface area contributed by atoms with Gasteiger partial charge in [0.15, 0.2) is 5.75 Å². The minimum atomic E-state index is -0.594. The van der Waals surface area contributed by atoms with E-state index in [1.807, 2.05) is 31.2 Å². The fourth-order valence-electron chi connectivity index (χ4n) is 1.30. The van der Waals surface area contributed by atoms with Crippen molar-refractivity contribution < 1.29 is 9.53 Å². The summed E-state index contributed by atoms with van der Waals surface area (Å²) in [4.78, 5) is 15.3. The molecule has 2 rings (SSSR count). The van der Waals surface area contributed by atoms with Crippen molar-refractivity contribution in [2.75, 3.05) is 5.43 Å². The van der Waals surface area contributed by atoms with Gasteiger partial charge in [-0.3, -0.25) is 10.4 Å². The minimum Gasteiger partial charge on any atom is -0.407 e. The van der Waals surface area contributed by atoms with Crippen LogP contribution in [-0.2, 0) is 0 Å². The number of rotatable bonds is 3. The first-order chi connectivity index (χ1) is 8.74. The van der Waals surface area contributed by atoms with Crippen molar-refractivity contribution in [3.05, 3.63) is 54.4 Å². The third kappa shape index (κ3) is 3.48. The number of hydrogen-bond donors (Lipinski definition) is 2. The molecule has 0 aliphatic heterocycles. The lowest BCUT2D eigenvalue weighted by Gasteiger charge is -2.08. The van der Waals surface area contributed by atoms with Gasteiger partial charge in [-0.1, -0.05) is 17.7 Å². The zero-order valence-corrected chi connectivity index (χ0v) is 9.88. The molecule has 18 heavy (non-hydrogen) atoms. The summed E-state index contributed by atoms with van der Waals surface area (Å²) in [7, 11) is 0. The van der Waals surface area contributed by atoms with Crippen LogP contribution in [0.2, 0.25) is 0 Å². The molecule has 1 aromatic heterocycles. The number of aryl methyl sites for hydroxylation is 1. The average molecular weight is 243 g/mol. The van der Waals surface area contributed by atoms with Gasteiger partial charge in [0.05, 0.1) is 11.9 Å². The van der Waals surface area contributed by atoms with Crippen molar-refractivity contribution in [2.24, 2.45) is 0 Å². The first-order valence-corrected chi connectivity index (χ1v) is 5.44. The van der Waals surface area contributed by atoms with E-state index in [0.717, 1.165) is 11.3 Å². The van der Waals surface area contributed by atoms with Gasteiger partial charge in [0.25, 0.3) is 0 Å². The number of benzene rings is 1. The number of hydrogen-bond acceptors (Lipinski definition) is 4. The Hall–Kier alpha value is -2.56. The lowest BCUT2D eigenvalue weighted by atomic mass is 10.2. The summed E-state index contributed by atoms with van der Waals surface area (Å²) >= 11 is 0. The summed E-state index contributed by atoms with van der Waals surface area (Å²) in [5.74, 6) is 0.390. The minimum absolute atomic E-state index is 0.390. The number of aromatic nitrogens is 1. The molecule has 0 bridgehead atoms. The van der Waals surface area contributed by atoms with Crippen molar-refractivity contribution in [3.63, 3.8) is 0 Å². The maximum atomic E-state index is 11.4. The Balaban J connectivity index is 1.83. The summed E-state index contributed by atoms with van der Waals surface area (Å²) in [6.45, 7) is 1.99. The van der Waals surface area contributed by atoms with E-state index < -0.39 is 6.09 Å². The average Bonchev–Trinajstić information content (AvgIpc) is 2.39. The Morgan fingerprint density at radius 2 is 2.00 bits per heavy atom. The van der Waals surface area contributed by atoms with Gasteiger partial charge in [-0.2, -0.15) is 0 Å². The molecule has 0 aliphatic rings. The molecule has 0 saturated heterocycles. The summed E-state index contributed by atoms with van der Waals surface area (Å²) in [6.07, 6.45) is 2.48.